The zero-order valence-corrected chi connectivity index (χ0v) is 8.67. The third-order valence-electron chi connectivity index (χ3n) is 2.20. The minimum absolute atomic E-state index is 0.482. The monoisotopic (exact) mass is 213 g/mol. The molecule has 0 atom stereocenters. The van der Waals surface area contributed by atoms with Gasteiger partial charge in [0, 0.05) is 6.54 Å². The summed E-state index contributed by atoms with van der Waals surface area (Å²) in [6, 6.07) is 10.2. The van der Waals surface area contributed by atoms with E-state index in [0.29, 0.717) is 5.82 Å². The van der Waals surface area contributed by atoms with Gasteiger partial charge in [-0.15, -0.1) is 5.10 Å². The Bertz CT molecular complexity index is 483. The number of anilines is 1. The predicted octanol–water partition coefficient (Wildman–Crippen LogP) is 1.41. The second kappa shape index (κ2) is 4.94. The number of nitriles is 1. The molecule has 1 heterocycles. The van der Waals surface area contributed by atoms with Gasteiger partial charge in [-0.3, -0.25) is 5.32 Å². The van der Waals surface area contributed by atoms with Crippen LogP contribution in [0.15, 0.2) is 36.5 Å². The maximum atomic E-state index is 8.40. The molecule has 5 heteroatoms. The van der Waals surface area contributed by atoms with Crippen LogP contribution in [0.1, 0.15) is 5.56 Å². The first kappa shape index (κ1) is 10.2. The third kappa shape index (κ3) is 2.58. The average Bonchev–Trinajstić information content (AvgIpc) is 2.76. The molecule has 0 fully saturated rings. The van der Waals surface area contributed by atoms with Gasteiger partial charge in [-0.1, -0.05) is 35.5 Å². The maximum Gasteiger partial charge on any atom is 0.182 e. The smallest absolute Gasteiger partial charge is 0.182 e. The van der Waals surface area contributed by atoms with Gasteiger partial charge >= 0.3 is 0 Å². The van der Waals surface area contributed by atoms with E-state index in [-0.39, 0.29) is 0 Å². The summed E-state index contributed by atoms with van der Waals surface area (Å²) in [6.07, 6.45) is 4.42. The Morgan fingerprint density at radius 2 is 2.12 bits per heavy atom. The van der Waals surface area contributed by atoms with E-state index < -0.39 is 0 Å². The van der Waals surface area contributed by atoms with Gasteiger partial charge in [0.25, 0.3) is 0 Å². The highest BCUT2D eigenvalue weighted by atomic mass is 15.4. The number of hydrogen-bond donors (Lipinski definition) is 1. The molecule has 0 spiro atoms. The van der Waals surface area contributed by atoms with Crippen LogP contribution < -0.4 is 5.32 Å². The number of benzene rings is 1. The molecule has 0 aliphatic rings. The quantitative estimate of drug-likeness (QED) is 0.616. The highest BCUT2D eigenvalue weighted by molar-refractivity contribution is 5.34. The van der Waals surface area contributed by atoms with Crippen molar-refractivity contribution >= 4 is 5.82 Å². The molecule has 0 aliphatic carbocycles. The summed E-state index contributed by atoms with van der Waals surface area (Å²) in [5.74, 6) is 0.482. The van der Waals surface area contributed by atoms with Crippen LogP contribution in [0.2, 0.25) is 0 Å². The van der Waals surface area contributed by atoms with Crippen LogP contribution in [0, 0.1) is 11.5 Å². The summed E-state index contributed by atoms with van der Waals surface area (Å²) in [7, 11) is 0. The molecule has 80 valence electrons. The van der Waals surface area contributed by atoms with Gasteiger partial charge in [-0.05, 0) is 12.0 Å². The summed E-state index contributed by atoms with van der Waals surface area (Å²) < 4.78 is 1.71. The lowest BCUT2D eigenvalue weighted by Gasteiger charge is -2.00. The molecule has 5 nitrogen and oxygen atoms in total. The van der Waals surface area contributed by atoms with E-state index >= 15 is 0 Å². The Morgan fingerprint density at radius 1 is 1.31 bits per heavy atom. The average molecular weight is 213 g/mol. The Balaban J connectivity index is 1.93. The first-order chi connectivity index (χ1) is 7.88. The normalized spacial score (nSPS) is 9.69. The molecule has 0 unspecified atom stereocenters. The molecular formula is C11H11N5. The number of nitrogens with zero attached hydrogens (tertiary/aromatic N) is 4. The van der Waals surface area contributed by atoms with Gasteiger partial charge in [-0.25, -0.2) is 4.68 Å². The van der Waals surface area contributed by atoms with Crippen molar-refractivity contribution in [2.75, 3.05) is 5.32 Å². The van der Waals surface area contributed by atoms with Gasteiger partial charge in [0.2, 0.25) is 0 Å². The minimum Gasteiger partial charge on any atom is -0.274 e. The van der Waals surface area contributed by atoms with E-state index in [0.717, 1.165) is 13.0 Å². The van der Waals surface area contributed by atoms with E-state index in [1.165, 1.54) is 5.56 Å². The summed E-state index contributed by atoms with van der Waals surface area (Å²) in [5.41, 5.74) is 1.26. The molecule has 0 bridgehead atoms. The van der Waals surface area contributed by atoms with E-state index in [2.05, 4.69) is 27.8 Å². The zero-order valence-electron chi connectivity index (χ0n) is 8.67. The number of nitrogens with one attached hydrogen (secondary N) is 1. The lowest BCUT2D eigenvalue weighted by molar-refractivity contribution is 0.589. The van der Waals surface area contributed by atoms with Crippen LogP contribution in [0.4, 0.5) is 5.82 Å². The Morgan fingerprint density at radius 3 is 2.88 bits per heavy atom. The molecule has 0 aliphatic heterocycles. The Hall–Kier alpha value is -2.35. The van der Waals surface area contributed by atoms with Gasteiger partial charge in [0.15, 0.2) is 12.0 Å². The molecular weight excluding hydrogens is 202 g/mol. The first-order valence-electron chi connectivity index (χ1n) is 4.97. The summed E-state index contributed by atoms with van der Waals surface area (Å²) in [6.45, 7) is 0.754. The highest BCUT2D eigenvalue weighted by Gasteiger charge is 1.99. The van der Waals surface area contributed by atoms with Gasteiger partial charge in [-0.2, -0.15) is 5.26 Å². The lowest BCUT2D eigenvalue weighted by atomic mass is 10.1. The largest absolute Gasteiger partial charge is 0.274 e. The SMILES string of the molecule is N#CNc1cn(CCc2ccccc2)nn1. The van der Waals surface area contributed by atoms with Crippen molar-refractivity contribution in [1.29, 1.82) is 5.26 Å². The van der Waals surface area contributed by atoms with Crippen LogP contribution in [0.25, 0.3) is 0 Å². The zero-order chi connectivity index (χ0) is 11.2. The van der Waals surface area contributed by atoms with Crippen LogP contribution in [-0.2, 0) is 13.0 Å². The maximum absolute atomic E-state index is 8.40. The van der Waals surface area contributed by atoms with Crippen molar-refractivity contribution < 1.29 is 0 Å². The summed E-state index contributed by atoms with van der Waals surface area (Å²) in [5, 5.41) is 18.5. The molecule has 0 amide bonds. The van der Waals surface area contributed by atoms with E-state index in [1.54, 1.807) is 17.1 Å². The Labute approximate surface area is 93.3 Å². The lowest BCUT2D eigenvalue weighted by Crippen LogP contribution is -2.01. The van der Waals surface area contributed by atoms with Crippen molar-refractivity contribution in [3.63, 3.8) is 0 Å². The highest BCUT2D eigenvalue weighted by Crippen LogP contribution is 2.03. The van der Waals surface area contributed by atoms with E-state index in [4.69, 9.17) is 5.26 Å². The fourth-order valence-electron chi connectivity index (χ4n) is 1.41. The van der Waals surface area contributed by atoms with Crippen molar-refractivity contribution in [2.24, 2.45) is 0 Å². The molecule has 1 aromatic carbocycles. The molecule has 2 rings (SSSR count). The third-order valence-corrected chi connectivity index (χ3v) is 2.20. The topological polar surface area (TPSA) is 66.5 Å². The van der Waals surface area contributed by atoms with Crippen LogP contribution in [-0.4, -0.2) is 15.0 Å². The first-order valence-corrected chi connectivity index (χ1v) is 4.97. The Kier molecular flexibility index (Phi) is 3.14. The van der Waals surface area contributed by atoms with Crippen LogP contribution in [0.3, 0.4) is 0 Å². The fraction of sp³-hybridized carbons (Fsp3) is 0.182. The second-order valence-electron chi connectivity index (χ2n) is 3.34. The van der Waals surface area contributed by atoms with Crippen LogP contribution >= 0.6 is 0 Å². The number of rotatable bonds is 4. The molecule has 0 saturated carbocycles. The standard InChI is InChI=1S/C11H11N5/c12-9-13-11-8-16(15-14-11)7-6-10-4-2-1-3-5-10/h1-5,8,13H,6-7H2. The number of hydrogen-bond acceptors (Lipinski definition) is 4. The fourth-order valence-corrected chi connectivity index (χ4v) is 1.41. The molecule has 2 aromatic rings. The summed E-state index contributed by atoms with van der Waals surface area (Å²) >= 11 is 0. The number of aryl methyl sites for hydroxylation is 2. The number of aromatic nitrogens is 3. The van der Waals surface area contributed by atoms with E-state index in [1.807, 2.05) is 18.2 Å². The van der Waals surface area contributed by atoms with Crippen molar-refractivity contribution in [3.8, 4) is 6.19 Å². The summed E-state index contributed by atoms with van der Waals surface area (Å²) in [4.78, 5) is 0. The van der Waals surface area contributed by atoms with Gasteiger partial charge in [0.05, 0.1) is 6.20 Å². The molecule has 1 N–H and O–H groups in total. The van der Waals surface area contributed by atoms with Gasteiger partial charge in [0.1, 0.15) is 0 Å². The minimum atomic E-state index is 0.482. The molecule has 1 aromatic heterocycles. The molecule has 0 radical (unpaired) electrons. The predicted molar refractivity (Wildman–Crippen MR) is 59.4 cm³/mol. The van der Waals surface area contributed by atoms with Crippen molar-refractivity contribution in [3.05, 3.63) is 42.1 Å². The van der Waals surface area contributed by atoms with Gasteiger partial charge < -0.3 is 0 Å². The van der Waals surface area contributed by atoms with Crippen molar-refractivity contribution in [2.45, 2.75) is 13.0 Å². The van der Waals surface area contributed by atoms with Crippen molar-refractivity contribution in [1.82, 2.24) is 15.0 Å². The molecule has 0 saturated heterocycles. The van der Waals surface area contributed by atoms with Crippen LogP contribution in [0.5, 0.6) is 0 Å². The van der Waals surface area contributed by atoms with E-state index in [9.17, 15) is 0 Å². The second-order valence-corrected chi connectivity index (χ2v) is 3.34. The molecule has 16 heavy (non-hydrogen) atoms.